The van der Waals surface area contributed by atoms with Gasteiger partial charge < -0.3 is 10.1 Å². The van der Waals surface area contributed by atoms with Crippen molar-refractivity contribution in [3.8, 4) is 0 Å². The van der Waals surface area contributed by atoms with Gasteiger partial charge in [0.25, 0.3) is 0 Å². The summed E-state index contributed by atoms with van der Waals surface area (Å²) in [6, 6.07) is 10.5. The SMILES string of the molecule is COC(=O)c1ccc2c(I)c(NC3CCC(C)CC3)ccc2c1. The van der Waals surface area contributed by atoms with Crippen molar-refractivity contribution < 1.29 is 9.53 Å². The van der Waals surface area contributed by atoms with Crippen LogP contribution in [0.4, 0.5) is 5.69 Å². The van der Waals surface area contributed by atoms with Crippen LogP contribution in [0.25, 0.3) is 10.8 Å². The van der Waals surface area contributed by atoms with Gasteiger partial charge in [-0.15, -0.1) is 0 Å². The topological polar surface area (TPSA) is 38.3 Å². The molecule has 0 radical (unpaired) electrons. The molecule has 0 unspecified atom stereocenters. The number of carbonyl (C=O) groups is 1. The minimum absolute atomic E-state index is 0.291. The lowest BCUT2D eigenvalue weighted by Gasteiger charge is -2.28. The van der Waals surface area contributed by atoms with Crippen LogP contribution >= 0.6 is 22.6 Å². The molecular formula is C19H22INO2. The Morgan fingerprint density at radius 3 is 2.61 bits per heavy atom. The van der Waals surface area contributed by atoms with Gasteiger partial charge in [0.2, 0.25) is 0 Å². The molecule has 0 saturated heterocycles. The summed E-state index contributed by atoms with van der Waals surface area (Å²) in [6.07, 6.45) is 5.11. The number of methoxy groups -OCH3 is 1. The molecule has 0 spiro atoms. The van der Waals surface area contributed by atoms with Crippen molar-refractivity contribution in [2.24, 2.45) is 5.92 Å². The molecule has 122 valence electrons. The minimum atomic E-state index is -0.291. The highest BCUT2D eigenvalue weighted by Gasteiger charge is 2.19. The third kappa shape index (κ3) is 3.62. The molecule has 0 aromatic heterocycles. The summed E-state index contributed by atoms with van der Waals surface area (Å²) < 4.78 is 6.01. The number of carbonyl (C=O) groups excluding carboxylic acids is 1. The third-order valence-electron chi connectivity index (χ3n) is 4.75. The Bertz CT molecular complexity index is 721. The molecule has 4 heteroatoms. The van der Waals surface area contributed by atoms with Crippen LogP contribution in [0.3, 0.4) is 0 Å². The van der Waals surface area contributed by atoms with Gasteiger partial charge in [-0.2, -0.15) is 0 Å². The molecule has 1 N–H and O–H groups in total. The van der Waals surface area contributed by atoms with Gasteiger partial charge in [0.05, 0.1) is 12.7 Å². The molecule has 3 nitrogen and oxygen atoms in total. The summed E-state index contributed by atoms with van der Waals surface area (Å²) in [6.45, 7) is 2.34. The van der Waals surface area contributed by atoms with E-state index in [0.717, 1.165) is 11.3 Å². The Labute approximate surface area is 150 Å². The van der Waals surface area contributed by atoms with Crippen LogP contribution in [0.1, 0.15) is 43.0 Å². The van der Waals surface area contributed by atoms with Gasteiger partial charge in [0.15, 0.2) is 0 Å². The molecular weight excluding hydrogens is 401 g/mol. The molecule has 0 amide bonds. The van der Waals surface area contributed by atoms with Gasteiger partial charge in [-0.3, -0.25) is 0 Å². The smallest absolute Gasteiger partial charge is 0.337 e. The quantitative estimate of drug-likeness (QED) is 0.544. The average Bonchev–Trinajstić information content (AvgIpc) is 2.58. The Morgan fingerprint density at radius 2 is 1.91 bits per heavy atom. The zero-order chi connectivity index (χ0) is 16.4. The summed E-state index contributed by atoms with van der Waals surface area (Å²) in [4.78, 5) is 11.7. The molecule has 2 aromatic carbocycles. The van der Waals surface area contributed by atoms with E-state index in [1.54, 1.807) is 0 Å². The van der Waals surface area contributed by atoms with Crippen LogP contribution in [-0.2, 0) is 4.74 Å². The number of fused-ring (bicyclic) bond motifs is 1. The first kappa shape index (κ1) is 16.6. The van der Waals surface area contributed by atoms with Crippen LogP contribution in [0.5, 0.6) is 0 Å². The summed E-state index contributed by atoms with van der Waals surface area (Å²) in [7, 11) is 1.41. The lowest BCUT2D eigenvalue weighted by Crippen LogP contribution is -2.25. The van der Waals surface area contributed by atoms with Gasteiger partial charge in [0, 0.05) is 15.3 Å². The van der Waals surface area contributed by atoms with E-state index in [1.807, 2.05) is 18.2 Å². The maximum atomic E-state index is 11.7. The number of hydrogen-bond donors (Lipinski definition) is 1. The standard InChI is InChI=1S/C19H22INO2/c1-12-3-7-15(8-4-12)21-17-10-6-13-11-14(19(22)23-2)5-9-16(13)18(17)20/h5-6,9-12,15,21H,3-4,7-8H2,1-2H3. The van der Waals surface area contributed by atoms with E-state index in [1.165, 1.54) is 47.4 Å². The fourth-order valence-electron chi connectivity index (χ4n) is 3.27. The number of anilines is 1. The van der Waals surface area contributed by atoms with Gasteiger partial charge in [0.1, 0.15) is 0 Å². The van der Waals surface area contributed by atoms with Crippen molar-refractivity contribution >= 4 is 45.0 Å². The Balaban J connectivity index is 1.85. The van der Waals surface area contributed by atoms with Crippen molar-refractivity contribution in [3.63, 3.8) is 0 Å². The highest BCUT2D eigenvalue weighted by molar-refractivity contribution is 14.1. The number of hydrogen-bond acceptors (Lipinski definition) is 3. The second kappa shape index (κ2) is 7.07. The molecule has 0 aliphatic heterocycles. The zero-order valence-electron chi connectivity index (χ0n) is 13.6. The van der Waals surface area contributed by atoms with Crippen molar-refractivity contribution in [3.05, 3.63) is 39.5 Å². The number of nitrogens with one attached hydrogen (secondary N) is 1. The van der Waals surface area contributed by atoms with Gasteiger partial charge in [-0.25, -0.2) is 4.79 Å². The monoisotopic (exact) mass is 423 g/mol. The number of benzene rings is 2. The van der Waals surface area contributed by atoms with Crippen LogP contribution in [-0.4, -0.2) is 19.1 Å². The zero-order valence-corrected chi connectivity index (χ0v) is 15.7. The molecule has 1 aliphatic carbocycles. The van der Waals surface area contributed by atoms with E-state index >= 15 is 0 Å². The van der Waals surface area contributed by atoms with Crippen molar-refractivity contribution in [1.82, 2.24) is 0 Å². The molecule has 0 heterocycles. The Hall–Kier alpha value is -1.30. The molecule has 3 rings (SSSR count). The molecule has 1 fully saturated rings. The number of esters is 1. The number of rotatable bonds is 3. The second-order valence-electron chi connectivity index (χ2n) is 6.46. The number of halogens is 1. The first-order valence-corrected chi connectivity index (χ1v) is 9.23. The van der Waals surface area contributed by atoms with E-state index in [4.69, 9.17) is 4.74 Å². The predicted octanol–water partition coefficient (Wildman–Crippen LogP) is 5.22. The largest absolute Gasteiger partial charge is 0.465 e. The summed E-state index contributed by atoms with van der Waals surface area (Å²) >= 11 is 2.40. The van der Waals surface area contributed by atoms with Crippen LogP contribution in [0, 0.1) is 9.49 Å². The van der Waals surface area contributed by atoms with E-state index in [9.17, 15) is 4.79 Å². The predicted molar refractivity (Wildman–Crippen MR) is 103 cm³/mol. The van der Waals surface area contributed by atoms with E-state index in [2.05, 4.69) is 47.0 Å². The fourth-order valence-corrected chi connectivity index (χ4v) is 4.10. The van der Waals surface area contributed by atoms with Crippen LogP contribution < -0.4 is 5.32 Å². The fraction of sp³-hybridized carbons (Fsp3) is 0.421. The van der Waals surface area contributed by atoms with Gasteiger partial charge >= 0.3 is 5.97 Å². The maximum Gasteiger partial charge on any atom is 0.337 e. The molecule has 2 aromatic rings. The summed E-state index contributed by atoms with van der Waals surface area (Å²) in [5, 5.41) is 5.95. The van der Waals surface area contributed by atoms with Crippen molar-refractivity contribution in [1.29, 1.82) is 0 Å². The average molecular weight is 423 g/mol. The first-order valence-electron chi connectivity index (χ1n) is 8.15. The lowest BCUT2D eigenvalue weighted by atomic mass is 9.87. The normalized spacial score (nSPS) is 21.2. The Kier molecular flexibility index (Phi) is 5.09. The van der Waals surface area contributed by atoms with Crippen LogP contribution in [0.15, 0.2) is 30.3 Å². The molecule has 0 atom stereocenters. The molecule has 23 heavy (non-hydrogen) atoms. The van der Waals surface area contributed by atoms with Crippen molar-refractivity contribution in [2.75, 3.05) is 12.4 Å². The highest BCUT2D eigenvalue weighted by atomic mass is 127. The van der Waals surface area contributed by atoms with Gasteiger partial charge in [-0.1, -0.05) is 19.1 Å². The molecule has 1 saturated carbocycles. The minimum Gasteiger partial charge on any atom is -0.465 e. The first-order chi connectivity index (χ1) is 11.1. The molecule has 0 bridgehead atoms. The number of ether oxygens (including phenoxy) is 1. The van der Waals surface area contributed by atoms with Crippen LogP contribution in [0.2, 0.25) is 0 Å². The second-order valence-corrected chi connectivity index (χ2v) is 7.53. The molecule has 1 aliphatic rings. The Morgan fingerprint density at radius 1 is 1.17 bits per heavy atom. The van der Waals surface area contributed by atoms with Crippen molar-refractivity contribution in [2.45, 2.75) is 38.6 Å². The third-order valence-corrected chi connectivity index (χ3v) is 5.91. The summed E-state index contributed by atoms with van der Waals surface area (Å²) in [5.74, 6) is 0.570. The van der Waals surface area contributed by atoms with E-state index in [0.29, 0.717) is 11.6 Å². The summed E-state index contributed by atoms with van der Waals surface area (Å²) in [5.41, 5.74) is 1.79. The highest BCUT2D eigenvalue weighted by Crippen LogP contribution is 2.32. The maximum absolute atomic E-state index is 11.7. The van der Waals surface area contributed by atoms with E-state index in [-0.39, 0.29) is 5.97 Å². The lowest BCUT2D eigenvalue weighted by molar-refractivity contribution is 0.0601. The van der Waals surface area contributed by atoms with Gasteiger partial charge in [-0.05, 0) is 83.2 Å². The van der Waals surface area contributed by atoms with E-state index < -0.39 is 0 Å².